The molecule has 4 heterocycles. The van der Waals surface area contributed by atoms with E-state index in [-0.39, 0.29) is 18.4 Å². The van der Waals surface area contributed by atoms with Gasteiger partial charge in [-0.2, -0.15) is 15.2 Å². The number of amides is 1. The molecule has 9 nitrogen and oxygen atoms in total. The Labute approximate surface area is 258 Å². The molecule has 0 radical (unpaired) electrons. The number of piperazine rings is 1. The van der Waals surface area contributed by atoms with Gasteiger partial charge < -0.3 is 24.3 Å². The van der Waals surface area contributed by atoms with Crippen LogP contribution in [0.5, 0.6) is 6.01 Å². The Hall–Kier alpha value is -3.87. The van der Waals surface area contributed by atoms with E-state index in [1.54, 1.807) is 4.90 Å². The number of carbonyl (C=O) groups is 1. The van der Waals surface area contributed by atoms with E-state index in [0.717, 1.165) is 77.3 Å². The number of likely N-dealkylation sites (tertiary alicyclic amines) is 1. The van der Waals surface area contributed by atoms with Crippen molar-refractivity contribution in [1.29, 1.82) is 5.26 Å². The van der Waals surface area contributed by atoms with Crippen molar-refractivity contribution in [1.82, 2.24) is 19.8 Å². The molecule has 43 heavy (non-hydrogen) atoms. The largest absolute Gasteiger partial charge is 0.462 e. The summed E-state index contributed by atoms with van der Waals surface area (Å²) in [6.07, 6.45) is 5.58. The van der Waals surface area contributed by atoms with Crippen LogP contribution in [0.3, 0.4) is 0 Å². The van der Waals surface area contributed by atoms with Crippen LogP contribution in [-0.2, 0) is 17.8 Å². The number of benzene rings is 2. The molecule has 0 saturated carbocycles. The number of ether oxygens (including phenoxy) is 1. The molecule has 1 amide bonds. The van der Waals surface area contributed by atoms with E-state index in [1.807, 2.05) is 12.1 Å². The lowest BCUT2D eigenvalue weighted by Crippen LogP contribution is -2.55. The van der Waals surface area contributed by atoms with Gasteiger partial charge in [-0.1, -0.05) is 42.4 Å². The predicted octanol–water partition coefficient (Wildman–Crippen LogP) is 4.83. The lowest BCUT2D eigenvalue weighted by molar-refractivity contribution is -0.128. The van der Waals surface area contributed by atoms with Crippen LogP contribution in [0.1, 0.15) is 36.9 Å². The van der Waals surface area contributed by atoms with Crippen molar-refractivity contribution >= 4 is 39.8 Å². The summed E-state index contributed by atoms with van der Waals surface area (Å²) in [7, 11) is 2.14. The van der Waals surface area contributed by atoms with Gasteiger partial charge in [0.25, 0.3) is 0 Å². The van der Waals surface area contributed by atoms with Crippen LogP contribution in [0.2, 0.25) is 5.02 Å². The lowest BCUT2D eigenvalue weighted by Gasteiger charge is -2.41. The topological polar surface area (TPSA) is 88.8 Å². The molecule has 0 aliphatic carbocycles. The first kappa shape index (κ1) is 29.2. The Morgan fingerprint density at radius 3 is 2.72 bits per heavy atom. The third kappa shape index (κ3) is 5.99. The van der Waals surface area contributed by atoms with Gasteiger partial charge in [-0.25, -0.2) is 0 Å². The van der Waals surface area contributed by atoms with Gasteiger partial charge in [0.1, 0.15) is 12.4 Å². The molecule has 2 atom stereocenters. The molecule has 10 heteroatoms. The molecule has 0 unspecified atom stereocenters. The van der Waals surface area contributed by atoms with Gasteiger partial charge in [-0.15, -0.1) is 0 Å². The molecular formula is C33H38ClN7O2. The molecule has 0 bridgehead atoms. The number of nitriles is 1. The molecule has 2 aromatic carbocycles. The fourth-order valence-corrected chi connectivity index (χ4v) is 7.03. The first-order chi connectivity index (χ1) is 21.0. The highest BCUT2D eigenvalue weighted by atomic mass is 35.5. The molecule has 224 valence electrons. The summed E-state index contributed by atoms with van der Waals surface area (Å²) in [5.74, 6) is 0.710. The van der Waals surface area contributed by atoms with Gasteiger partial charge in [-0.05, 0) is 62.9 Å². The third-order valence-corrected chi connectivity index (χ3v) is 9.38. The van der Waals surface area contributed by atoms with Crippen molar-refractivity contribution in [3.05, 3.63) is 65.3 Å². The zero-order valence-electron chi connectivity index (χ0n) is 24.7. The average Bonchev–Trinajstić information content (AvgIpc) is 3.31. The average molecular weight is 600 g/mol. The summed E-state index contributed by atoms with van der Waals surface area (Å²) in [5.41, 5.74) is 3.15. The standard InChI is InChI=1S/C33H38ClN7O2/c1-3-30(42)41-19-18-40(20-24(41)14-15-35)32-26-11-7-17-39(29-13-5-9-23-8-4-12-27(34)31(23)29)21-28(26)36-33(37-32)43-22-25-10-6-16-38(25)2/h3-5,8-9,12-13,24-25H,1,6-7,10-11,14,16-22H2,2H3/t24-,25+/m0/s1. The maximum atomic E-state index is 12.6. The molecule has 0 spiro atoms. The Kier molecular flexibility index (Phi) is 8.68. The van der Waals surface area contributed by atoms with Gasteiger partial charge in [-0.3, -0.25) is 4.79 Å². The fourth-order valence-electron chi connectivity index (χ4n) is 6.76. The van der Waals surface area contributed by atoms with Gasteiger partial charge in [0.05, 0.1) is 35.8 Å². The molecule has 1 aromatic heterocycles. The fraction of sp³-hybridized carbons (Fsp3) is 0.455. The van der Waals surface area contributed by atoms with Crippen LogP contribution >= 0.6 is 11.6 Å². The number of fused-ring (bicyclic) bond motifs is 2. The number of nitrogens with zero attached hydrogens (tertiary/aromatic N) is 7. The molecule has 2 saturated heterocycles. The highest BCUT2D eigenvalue weighted by Gasteiger charge is 2.33. The number of aromatic nitrogens is 2. The monoisotopic (exact) mass is 599 g/mol. The third-order valence-electron chi connectivity index (χ3n) is 9.06. The van der Waals surface area contributed by atoms with Crippen molar-refractivity contribution in [3.8, 4) is 12.1 Å². The van der Waals surface area contributed by atoms with E-state index >= 15 is 0 Å². The smallest absolute Gasteiger partial charge is 0.318 e. The van der Waals surface area contributed by atoms with E-state index in [4.69, 9.17) is 26.3 Å². The van der Waals surface area contributed by atoms with Crippen LogP contribution in [0.15, 0.2) is 49.1 Å². The number of hydrogen-bond donors (Lipinski definition) is 0. The van der Waals surface area contributed by atoms with Crippen LogP contribution in [0, 0.1) is 11.3 Å². The molecule has 2 fully saturated rings. The van der Waals surface area contributed by atoms with E-state index in [0.29, 0.717) is 44.8 Å². The Balaban J connectivity index is 1.36. The summed E-state index contributed by atoms with van der Waals surface area (Å²) in [6.45, 7) is 8.35. The number of hydrogen-bond acceptors (Lipinski definition) is 8. The molecule has 0 N–H and O–H groups in total. The Morgan fingerprint density at radius 1 is 1.12 bits per heavy atom. The normalized spacial score (nSPS) is 20.9. The number of anilines is 2. The highest BCUT2D eigenvalue weighted by molar-refractivity contribution is 6.36. The number of halogens is 1. The van der Waals surface area contributed by atoms with Crippen molar-refractivity contribution in [2.75, 3.05) is 56.2 Å². The molecule has 6 rings (SSSR count). The zero-order chi connectivity index (χ0) is 29.9. The van der Waals surface area contributed by atoms with Crippen LogP contribution in [0.25, 0.3) is 10.8 Å². The van der Waals surface area contributed by atoms with E-state index < -0.39 is 0 Å². The summed E-state index contributed by atoms with van der Waals surface area (Å²) in [5, 5.41) is 12.4. The van der Waals surface area contributed by atoms with Crippen LogP contribution < -0.4 is 14.5 Å². The summed E-state index contributed by atoms with van der Waals surface area (Å²) in [6, 6.07) is 15.1. The Morgan fingerprint density at radius 2 is 1.95 bits per heavy atom. The second kappa shape index (κ2) is 12.8. The number of carbonyl (C=O) groups excluding carboxylic acids is 1. The van der Waals surface area contributed by atoms with Gasteiger partial charge in [0.15, 0.2) is 0 Å². The summed E-state index contributed by atoms with van der Waals surface area (Å²) < 4.78 is 6.32. The maximum absolute atomic E-state index is 12.6. The lowest BCUT2D eigenvalue weighted by atomic mass is 10.1. The van der Waals surface area contributed by atoms with Gasteiger partial charge in [0, 0.05) is 48.9 Å². The maximum Gasteiger partial charge on any atom is 0.318 e. The van der Waals surface area contributed by atoms with Crippen molar-refractivity contribution in [3.63, 3.8) is 0 Å². The van der Waals surface area contributed by atoms with Gasteiger partial charge >= 0.3 is 6.01 Å². The molecule has 3 aromatic rings. The van der Waals surface area contributed by atoms with Crippen molar-refractivity contribution < 1.29 is 9.53 Å². The van der Waals surface area contributed by atoms with E-state index in [1.165, 1.54) is 6.08 Å². The van der Waals surface area contributed by atoms with Crippen LogP contribution in [0.4, 0.5) is 11.5 Å². The SMILES string of the molecule is C=CC(=O)N1CCN(c2nc(OC[C@H]3CCCN3C)nc3c2CCCN(c2cccc4cccc(Cl)c24)C3)C[C@@H]1CC#N. The summed E-state index contributed by atoms with van der Waals surface area (Å²) in [4.78, 5) is 31.3. The molecular weight excluding hydrogens is 562 g/mol. The Bertz CT molecular complexity index is 1550. The zero-order valence-corrected chi connectivity index (χ0v) is 25.5. The van der Waals surface area contributed by atoms with E-state index in [9.17, 15) is 10.1 Å². The number of likely N-dealkylation sites (N-methyl/N-ethyl adjacent to an activating group) is 1. The predicted molar refractivity (Wildman–Crippen MR) is 170 cm³/mol. The van der Waals surface area contributed by atoms with Crippen LogP contribution in [-0.4, -0.2) is 84.1 Å². The van der Waals surface area contributed by atoms with Crippen molar-refractivity contribution in [2.24, 2.45) is 0 Å². The first-order valence-corrected chi connectivity index (χ1v) is 15.5. The second-order valence-electron chi connectivity index (χ2n) is 11.7. The minimum atomic E-state index is -0.244. The minimum Gasteiger partial charge on any atom is -0.462 e. The number of rotatable bonds is 7. The van der Waals surface area contributed by atoms with Gasteiger partial charge in [0.2, 0.25) is 5.91 Å². The van der Waals surface area contributed by atoms with E-state index in [2.05, 4.69) is 58.7 Å². The highest BCUT2D eigenvalue weighted by Crippen LogP contribution is 2.37. The minimum absolute atomic E-state index is 0.143. The van der Waals surface area contributed by atoms with Crippen molar-refractivity contribution in [2.45, 2.75) is 50.7 Å². The molecule has 3 aliphatic heterocycles. The summed E-state index contributed by atoms with van der Waals surface area (Å²) >= 11 is 6.73. The molecule has 3 aliphatic rings. The first-order valence-electron chi connectivity index (χ1n) is 15.2. The quantitative estimate of drug-likeness (QED) is 0.357. The second-order valence-corrected chi connectivity index (χ2v) is 12.1.